The zero-order valence-corrected chi connectivity index (χ0v) is 27.3. The number of carbonyl (C=O) groups excluding carboxylic acids is 1. The van der Waals surface area contributed by atoms with Crippen molar-refractivity contribution in [2.45, 2.75) is 82.9 Å². The summed E-state index contributed by atoms with van der Waals surface area (Å²) in [4.78, 5) is 33.2. The van der Waals surface area contributed by atoms with Gasteiger partial charge in [-0.2, -0.15) is 0 Å². The van der Waals surface area contributed by atoms with Crippen molar-refractivity contribution in [2.75, 3.05) is 12.3 Å². The molecule has 0 bridgehead atoms. The number of anilines is 1. The molecule has 5 aliphatic rings. The maximum Gasteiger partial charge on any atom is 0.470 e. The van der Waals surface area contributed by atoms with Crippen molar-refractivity contribution < 1.29 is 48.5 Å². The molecular weight excluding hydrogens is 627 g/mol. The Balaban J connectivity index is 1.20. The van der Waals surface area contributed by atoms with Gasteiger partial charge in [0.25, 0.3) is 0 Å². The Bertz CT molecular complexity index is 1680. The number of nitrogens with zero attached hydrogens (tertiary/aromatic N) is 1. The van der Waals surface area contributed by atoms with Crippen LogP contribution in [0, 0.1) is 28.6 Å². The van der Waals surface area contributed by atoms with Crippen LogP contribution in [0.25, 0.3) is 0 Å². The third kappa shape index (κ3) is 5.21. The van der Waals surface area contributed by atoms with E-state index < -0.39 is 61.2 Å². The van der Waals surface area contributed by atoms with Gasteiger partial charge in [0.15, 0.2) is 17.7 Å². The van der Waals surface area contributed by atoms with E-state index in [0.29, 0.717) is 29.8 Å². The molecule has 0 amide bonds. The Morgan fingerprint density at radius 3 is 2.72 bits per heavy atom. The zero-order chi connectivity index (χ0) is 33.5. The largest absolute Gasteiger partial charge is 0.470 e. The van der Waals surface area contributed by atoms with E-state index in [-0.39, 0.29) is 30.8 Å². The van der Waals surface area contributed by atoms with E-state index in [1.54, 1.807) is 12.1 Å². The third-order valence-corrected chi connectivity index (χ3v) is 12.4. The number of ether oxygens (including phenoxy) is 2. The van der Waals surface area contributed by atoms with E-state index in [1.807, 2.05) is 54.2 Å². The van der Waals surface area contributed by atoms with Crippen LogP contribution in [0.4, 0.5) is 5.69 Å². The van der Waals surface area contributed by atoms with Crippen LogP contribution in [0.15, 0.2) is 60.5 Å². The molecule has 1 aliphatic heterocycles. The van der Waals surface area contributed by atoms with Gasteiger partial charge in [0, 0.05) is 52.5 Å². The average Bonchev–Trinajstić information content (AvgIpc) is 3.68. The number of phosphoric ester groups is 1. The Morgan fingerprint density at radius 2 is 2.00 bits per heavy atom. The number of nitrogens with two attached hydrogens (primary N) is 1. The molecule has 12 nitrogen and oxygen atoms in total. The van der Waals surface area contributed by atoms with Gasteiger partial charge in [-0.15, -0.1) is 0 Å². The van der Waals surface area contributed by atoms with Gasteiger partial charge in [-0.25, -0.2) is 4.57 Å². The molecule has 10 atom stereocenters. The number of phosphoric acid groups is 1. The van der Waals surface area contributed by atoms with Crippen molar-refractivity contribution in [2.24, 2.45) is 28.6 Å². The minimum Gasteiger partial charge on any atom is -0.398 e. The zero-order valence-electron chi connectivity index (χ0n) is 26.4. The van der Waals surface area contributed by atoms with Crippen LogP contribution in [0.3, 0.4) is 0 Å². The van der Waals surface area contributed by atoms with E-state index in [1.165, 1.54) is 0 Å². The van der Waals surface area contributed by atoms with Crippen LogP contribution in [0.5, 0.6) is 0 Å². The van der Waals surface area contributed by atoms with Gasteiger partial charge in [0.1, 0.15) is 6.61 Å². The van der Waals surface area contributed by atoms with Gasteiger partial charge in [0.05, 0.1) is 24.9 Å². The molecular formula is C34H43N2O10P. The molecule has 1 aromatic heterocycles. The molecule has 47 heavy (non-hydrogen) atoms. The number of aliphatic hydroxyl groups is 3. The minimum atomic E-state index is -4.96. The Kier molecular flexibility index (Phi) is 8.03. The highest BCUT2D eigenvalue weighted by atomic mass is 31.2. The normalized spacial score (nSPS) is 39.1. The highest BCUT2D eigenvalue weighted by Gasteiger charge is 2.76. The molecule has 4 aliphatic carbocycles. The minimum absolute atomic E-state index is 0.0140. The van der Waals surface area contributed by atoms with Gasteiger partial charge in [-0.1, -0.05) is 49.8 Å². The monoisotopic (exact) mass is 670 g/mol. The summed E-state index contributed by atoms with van der Waals surface area (Å²) >= 11 is 0. The molecule has 7 N–H and O–H groups in total. The predicted molar refractivity (Wildman–Crippen MR) is 169 cm³/mol. The number of Topliss-reactive ketones (excluding diaryl/α,β-unsaturated/α-hetero) is 1. The number of hydrogen-bond donors (Lipinski definition) is 6. The average molecular weight is 671 g/mol. The topological polar surface area (TPSA) is 194 Å². The fourth-order valence-corrected chi connectivity index (χ4v) is 10.2. The number of hydrogen-bond acceptors (Lipinski definition) is 9. The maximum absolute atomic E-state index is 14.2. The number of fused-ring (bicyclic) bond motifs is 7. The molecule has 1 unspecified atom stereocenters. The molecule has 2 aromatic rings. The van der Waals surface area contributed by atoms with Crippen molar-refractivity contribution in [3.63, 3.8) is 0 Å². The van der Waals surface area contributed by atoms with Gasteiger partial charge >= 0.3 is 7.82 Å². The van der Waals surface area contributed by atoms with Gasteiger partial charge < -0.3 is 44.9 Å². The van der Waals surface area contributed by atoms with Gasteiger partial charge in [0.2, 0.25) is 0 Å². The van der Waals surface area contributed by atoms with Crippen molar-refractivity contribution >= 4 is 19.3 Å². The number of ketones is 1. The van der Waals surface area contributed by atoms with E-state index in [0.717, 1.165) is 24.0 Å². The van der Waals surface area contributed by atoms with Crippen molar-refractivity contribution in [3.05, 3.63) is 77.2 Å². The third-order valence-electron chi connectivity index (χ3n) is 11.9. The summed E-state index contributed by atoms with van der Waals surface area (Å²) in [6.07, 6.45) is 8.46. The van der Waals surface area contributed by atoms with E-state index in [4.69, 9.17) is 19.7 Å². The smallest absolute Gasteiger partial charge is 0.398 e. The first kappa shape index (κ1) is 32.9. The quantitative estimate of drug-likeness (QED) is 0.137. The van der Waals surface area contributed by atoms with Crippen molar-refractivity contribution in [1.82, 2.24) is 4.57 Å². The number of allylic oxidation sites excluding steroid dienone is 2. The second-order valence-corrected chi connectivity index (χ2v) is 15.6. The molecule has 13 heteroatoms. The molecule has 1 aromatic carbocycles. The summed E-state index contributed by atoms with van der Waals surface area (Å²) < 4.78 is 31.6. The maximum atomic E-state index is 14.2. The first-order valence-corrected chi connectivity index (χ1v) is 17.7. The molecule has 4 fully saturated rings. The van der Waals surface area contributed by atoms with Crippen LogP contribution < -0.4 is 5.73 Å². The number of nitrogen functional groups attached to an aromatic ring is 1. The number of carbonyl (C=O) groups is 1. The Labute approximate surface area is 273 Å². The van der Waals surface area contributed by atoms with Crippen molar-refractivity contribution in [1.29, 1.82) is 0 Å². The van der Waals surface area contributed by atoms with Crippen LogP contribution in [0.1, 0.15) is 62.5 Å². The number of aliphatic hydroxyl groups excluding tert-OH is 3. The highest BCUT2D eigenvalue weighted by molar-refractivity contribution is 7.46. The lowest BCUT2D eigenvalue weighted by Gasteiger charge is -2.60. The van der Waals surface area contributed by atoms with Crippen molar-refractivity contribution in [3.8, 4) is 0 Å². The number of aromatic nitrogens is 1. The standard InChI is InChI=1S/C34H43N2O10P/c1-32-9-7-23(38)12-22(32)5-6-24-25-13-29-34(28(40)18-44-47(41,42)43,33(25,2)14-27(39)30(24)32)46-31(45-29)20-8-10-36(16-20)15-19-3-4-21(17-37)26(35)11-19/h3-4,7-12,16,23-25,27,29-31,37-39H,5-6,13-15,17-18,35H2,1-2H3,(H2,41,42,43)/t23?,24-,25-,27-,29+,30+,31+,32-,33-,34+/m0/s1. The van der Waals surface area contributed by atoms with E-state index in [9.17, 15) is 34.5 Å². The summed E-state index contributed by atoms with van der Waals surface area (Å²) in [6.45, 7) is 3.53. The SMILES string of the molecule is C[C@]12C=CC(O)C=C1CC[C@@H]1[C@@H]2[C@@H](O)C[C@@]2(C)[C@H]1C[C@H]1O[C@@H](c3ccn(Cc4ccc(CO)c(N)c4)c3)O[C@]12C(=O)COP(=O)(O)O. The molecule has 0 spiro atoms. The Morgan fingerprint density at radius 1 is 1.21 bits per heavy atom. The fraction of sp³-hybridized carbons (Fsp3) is 0.559. The van der Waals surface area contributed by atoms with Gasteiger partial charge in [-0.05, 0) is 55.2 Å². The molecule has 1 saturated heterocycles. The summed E-state index contributed by atoms with van der Waals surface area (Å²) in [5.74, 6) is -0.838. The first-order chi connectivity index (χ1) is 22.2. The first-order valence-electron chi connectivity index (χ1n) is 16.2. The van der Waals surface area contributed by atoms with E-state index in [2.05, 4.69) is 6.92 Å². The van der Waals surface area contributed by atoms with Crippen LogP contribution in [0.2, 0.25) is 0 Å². The molecule has 254 valence electrons. The molecule has 0 radical (unpaired) electrons. The summed E-state index contributed by atoms with van der Waals surface area (Å²) in [6, 6.07) is 7.33. The second-order valence-electron chi connectivity index (χ2n) is 14.4. The lowest BCUT2D eigenvalue weighted by atomic mass is 9.46. The Hall–Kier alpha value is -2.64. The number of rotatable bonds is 8. The highest BCUT2D eigenvalue weighted by Crippen LogP contribution is 2.70. The predicted octanol–water partition coefficient (Wildman–Crippen LogP) is 3.12. The second kappa shape index (κ2) is 11.5. The summed E-state index contributed by atoms with van der Waals surface area (Å²) in [5.41, 5.74) is 6.94. The van der Waals surface area contributed by atoms with Crippen LogP contribution in [-0.2, 0) is 36.5 Å². The van der Waals surface area contributed by atoms with Crippen LogP contribution in [-0.4, -0.2) is 66.0 Å². The molecule has 3 saturated carbocycles. The molecule has 7 rings (SSSR count). The summed E-state index contributed by atoms with van der Waals surface area (Å²) in [7, 11) is -4.96. The lowest BCUT2D eigenvalue weighted by molar-refractivity contribution is -0.201. The van der Waals surface area contributed by atoms with E-state index >= 15 is 0 Å². The van der Waals surface area contributed by atoms with Crippen LogP contribution >= 0.6 is 7.82 Å². The molecule has 2 heterocycles. The lowest BCUT2D eigenvalue weighted by Crippen LogP contribution is -2.63. The van der Waals surface area contributed by atoms with Gasteiger partial charge in [-0.3, -0.25) is 9.32 Å². The summed E-state index contributed by atoms with van der Waals surface area (Å²) in [5, 5.41) is 31.6. The number of benzene rings is 1. The fourth-order valence-electron chi connectivity index (χ4n) is 9.88.